The van der Waals surface area contributed by atoms with E-state index in [0.717, 1.165) is 11.3 Å². The van der Waals surface area contributed by atoms with Crippen molar-refractivity contribution < 1.29 is 24.2 Å². The van der Waals surface area contributed by atoms with E-state index in [1.807, 2.05) is 0 Å². The second kappa shape index (κ2) is 10.4. The molecule has 146 valence electrons. The molecule has 0 aliphatic carbocycles. The lowest BCUT2D eigenvalue weighted by molar-refractivity contribution is -0.123. The van der Waals surface area contributed by atoms with Crippen molar-refractivity contribution in [2.45, 2.75) is 0 Å². The smallest absolute Gasteiger partial charge is 0.259 e. The molecular weight excluding hydrogens is 362 g/mol. The maximum Gasteiger partial charge on any atom is 0.259 e. The Hall–Kier alpha value is -3.81. The Balaban J connectivity index is 1.78. The number of rotatable bonds is 8. The summed E-state index contributed by atoms with van der Waals surface area (Å²) < 4.78 is 10.0. The van der Waals surface area contributed by atoms with Crippen molar-refractivity contribution in [3.8, 4) is 17.2 Å². The first-order valence-corrected chi connectivity index (χ1v) is 8.31. The number of nitrogens with one attached hydrogen (secondary N) is 2. The predicted octanol–water partition coefficient (Wildman–Crippen LogP) is 1.69. The second-order valence-corrected chi connectivity index (χ2v) is 5.52. The summed E-state index contributed by atoms with van der Waals surface area (Å²) in [5.74, 6) is 0.0115. The summed E-state index contributed by atoms with van der Waals surface area (Å²) in [5, 5.41) is 16.1. The normalized spacial score (nSPS) is 10.8. The SMILES string of the molecule is COc1ccc(/C=C\C(=O)NCC(=O)NN=Cc2cccc(OC)c2O)cc1. The first-order valence-electron chi connectivity index (χ1n) is 8.31. The molecule has 0 spiro atoms. The molecule has 0 radical (unpaired) electrons. The number of hydrazone groups is 1. The number of phenols is 1. The van der Waals surface area contributed by atoms with Gasteiger partial charge in [-0.25, -0.2) is 5.43 Å². The molecule has 0 aromatic heterocycles. The van der Waals surface area contributed by atoms with E-state index in [0.29, 0.717) is 11.3 Å². The molecule has 0 fully saturated rings. The molecule has 2 amide bonds. The van der Waals surface area contributed by atoms with E-state index in [2.05, 4.69) is 15.8 Å². The number of benzene rings is 2. The largest absolute Gasteiger partial charge is 0.504 e. The average molecular weight is 383 g/mol. The Kier molecular flexibility index (Phi) is 7.59. The number of ether oxygens (including phenoxy) is 2. The number of carbonyl (C=O) groups is 2. The molecule has 0 unspecified atom stereocenters. The third-order valence-corrected chi connectivity index (χ3v) is 3.61. The highest BCUT2D eigenvalue weighted by molar-refractivity contribution is 5.94. The number of para-hydroxylation sites is 1. The Labute approximate surface area is 162 Å². The van der Waals surface area contributed by atoms with E-state index in [-0.39, 0.29) is 12.3 Å². The number of phenolic OH excluding ortho intramolecular Hbond substituents is 1. The van der Waals surface area contributed by atoms with Gasteiger partial charge in [0.05, 0.1) is 27.0 Å². The van der Waals surface area contributed by atoms with Crippen LogP contribution in [0.5, 0.6) is 17.2 Å². The van der Waals surface area contributed by atoms with Gasteiger partial charge in [-0.15, -0.1) is 0 Å². The van der Waals surface area contributed by atoms with Gasteiger partial charge in [0.1, 0.15) is 5.75 Å². The quantitative estimate of drug-likeness (QED) is 0.365. The number of nitrogens with zero attached hydrogens (tertiary/aromatic N) is 1. The molecule has 0 saturated heterocycles. The molecule has 0 bridgehead atoms. The zero-order chi connectivity index (χ0) is 20.4. The van der Waals surface area contributed by atoms with Crippen LogP contribution in [-0.4, -0.2) is 43.9 Å². The summed E-state index contributed by atoms with van der Waals surface area (Å²) in [6.45, 7) is -0.243. The summed E-state index contributed by atoms with van der Waals surface area (Å²) in [6.07, 6.45) is 4.23. The van der Waals surface area contributed by atoms with Crippen molar-refractivity contribution in [2.24, 2.45) is 5.10 Å². The molecule has 0 saturated carbocycles. The molecule has 0 aliphatic heterocycles. The Morgan fingerprint density at radius 2 is 1.86 bits per heavy atom. The van der Waals surface area contributed by atoms with E-state index >= 15 is 0 Å². The first-order chi connectivity index (χ1) is 13.5. The highest BCUT2D eigenvalue weighted by atomic mass is 16.5. The second-order valence-electron chi connectivity index (χ2n) is 5.52. The number of hydrogen-bond acceptors (Lipinski definition) is 6. The molecule has 0 atom stereocenters. The van der Waals surface area contributed by atoms with Gasteiger partial charge in [-0.3, -0.25) is 9.59 Å². The van der Waals surface area contributed by atoms with Crippen LogP contribution >= 0.6 is 0 Å². The van der Waals surface area contributed by atoms with Gasteiger partial charge in [0.2, 0.25) is 5.91 Å². The minimum Gasteiger partial charge on any atom is -0.504 e. The predicted molar refractivity (Wildman–Crippen MR) is 105 cm³/mol. The molecule has 2 aromatic carbocycles. The van der Waals surface area contributed by atoms with Crippen LogP contribution in [0.3, 0.4) is 0 Å². The minimum atomic E-state index is -0.509. The van der Waals surface area contributed by atoms with Crippen LogP contribution in [0.2, 0.25) is 0 Å². The highest BCUT2D eigenvalue weighted by Crippen LogP contribution is 2.27. The van der Waals surface area contributed by atoms with Crippen molar-refractivity contribution in [2.75, 3.05) is 20.8 Å². The molecular formula is C20H21N3O5. The lowest BCUT2D eigenvalue weighted by Gasteiger charge is -2.05. The number of carbonyl (C=O) groups excluding carboxylic acids is 2. The Morgan fingerprint density at radius 1 is 1.11 bits per heavy atom. The van der Waals surface area contributed by atoms with Gasteiger partial charge in [0.15, 0.2) is 11.5 Å². The van der Waals surface area contributed by atoms with Crippen LogP contribution in [0.4, 0.5) is 0 Å². The fourth-order valence-electron chi connectivity index (χ4n) is 2.13. The fraction of sp³-hybridized carbons (Fsp3) is 0.150. The average Bonchev–Trinajstić information content (AvgIpc) is 2.72. The fourth-order valence-corrected chi connectivity index (χ4v) is 2.13. The molecule has 28 heavy (non-hydrogen) atoms. The van der Waals surface area contributed by atoms with Crippen LogP contribution < -0.4 is 20.2 Å². The van der Waals surface area contributed by atoms with E-state index in [9.17, 15) is 14.7 Å². The third-order valence-electron chi connectivity index (χ3n) is 3.61. The van der Waals surface area contributed by atoms with Crippen LogP contribution in [-0.2, 0) is 9.59 Å². The molecule has 8 nitrogen and oxygen atoms in total. The number of hydrogen-bond donors (Lipinski definition) is 3. The van der Waals surface area contributed by atoms with E-state index < -0.39 is 11.8 Å². The van der Waals surface area contributed by atoms with Gasteiger partial charge in [0, 0.05) is 11.6 Å². The van der Waals surface area contributed by atoms with E-state index in [1.54, 1.807) is 55.7 Å². The van der Waals surface area contributed by atoms with E-state index in [4.69, 9.17) is 9.47 Å². The number of amides is 2. The lowest BCUT2D eigenvalue weighted by Crippen LogP contribution is -2.34. The summed E-state index contributed by atoms with van der Waals surface area (Å²) in [7, 11) is 3.01. The van der Waals surface area contributed by atoms with Crippen LogP contribution in [0.25, 0.3) is 6.08 Å². The molecule has 2 aromatic rings. The Morgan fingerprint density at radius 3 is 2.54 bits per heavy atom. The zero-order valence-electron chi connectivity index (χ0n) is 15.5. The molecule has 8 heteroatoms. The van der Waals surface area contributed by atoms with Crippen LogP contribution in [0, 0.1) is 0 Å². The summed E-state index contributed by atoms with van der Waals surface area (Å²) >= 11 is 0. The molecule has 0 heterocycles. The third kappa shape index (κ3) is 6.17. The number of methoxy groups -OCH3 is 2. The van der Waals surface area contributed by atoms with Crippen molar-refractivity contribution >= 4 is 24.1 Å². The Bertz CT molecular complexity index is 876. The molecule has 0 aliphatic rings. The topological polar surface area (TPSA) is 109 Å². The monoisotopic (exact) mass is 383 g/mol. The number of aromatic hydroxyl groups is 1. The van der Waals surface area contributed by atoms with Crippen molar-refractivity contribution in [3.63, 3.8) is 0 Å². The van der Waals surface area contributed by atoms with Gasteiger partial charge in [0.25, 0.3) is 5.91 Å². The summed E-state index contributed by atoms with van der Waals surface area (Å²) in [5.41, 5.74) is 3.47. The van der Waals surface area contributed by atoms with Crippen LogP contribution in [0.15, 0.2) is 53.6 Å². The first kappa shape index (κ1) is 20.5. The summed E-state index contributed by atoms with van der Waals surface area (Å²) in [4.78, 5) is 23.5. The van der Waals surface area contributed by atoms with Gasteiger partial charge in [-0.05, 0) is 35.9 Å². The maximum absolute atomic E-state index is 11.8. The zero-order valence-corrected chi connectivity index (χ0v) is 15.5. The van der Waals surface area contributed by atoms with Gasteiger partial charge < -0.3 is 19.9 Å². The van der Waals surface area contributed by atoms with Crippen LogP contribution in [0.1, 0.15) is 11.1 Å². The van der Waals surface area contributed by atoms with Crippen molar-refractivity contribution in [3.05, 3.63) is 59.7 Å². The summed E-state index contributed by atoms with van der Waals surface area (Å²) in [6, 6.07) is 12.1. The minimum absolute atomic E-state index is 0.0834. The highest BCUT2D eigenvalue weighted by Gasteiger charge is 2.05. The van der Waals surface area contributed by atoms with Gasteiger partial charge in [-0.1, -0.05) is 18.2 Å². The van der Waals surface area contributed by atoms with E-state index in [1.165, 1.54) is 19.4 Å². The van der Waals surface area contributed by atoms with Crippen molar-refractivity contribution in [1.82, 2.24) is 10.7 Å². The van der Waals surface area contributed by atoms with Gasteiger partial charge in [-0.2, -0.15) is 5.10 Å². The van der Waals surface area contributed by atoms with Gasteiger partial charge >= 0.3 is 0 Å². The van der Waals surface area contributed by atoms with Crippen molar-refractivity contribution in [1.29, 1.82) is 0 Å². The maximum atomic E-state index is 11.8. The lowest BCUT2D eigenvalue weighted by atomic mass is 10.2. The standard InChI is InChI=1S/C20H21N3O5/c1-27-16-9-6-14(7-10-16)8-11-18(24)21-13-19(25)23-22-12-15-4-3-5-17(28-2)20(15)26/h3-12,26H,13H2,1-2H3,(H,21,24)(H,23,25)/b11-8-,22-12?. The molecule has 3 N–H and O–H groups in total. The molecule has 2 rings (SSSR count).